The van der Waals surface area contributed by atoms with Crippen molar-refractivity contribution >= 4 is 29.2 Å². The van der Waals surface area contributed by atoms with Gasteiger partial charge in [0.15, 0.2) is 0 Å². The number of carboxylic acid groups (broad SMARTS) is 1. The molecule has 0 atom stereocenters. The van der Waals surface area contributed by atoms with E-state index in [1.807, 2.05) is 18.2 Å². The number of benzene rings is 2. The molecule has 0 radical (unpaired) electrons. The molecule has 0 aliphatic rings. The van der Waals surface area contributed by atoms with Crippen LogP contribution in [-0.4, -0.2) is 23.7 Å². The van der Waals surface area contributed by atoms with E-state index < -0.39 is 11.9 Å². The van der Waals surface area contributed by atoms with Gasteiger partial charge in [-0.15, -0.1) is 0 Å². The molecule has 0 amide bonds. The maximum Gasteiger partial charge on any atom is 0.338 e. The van der Waals surface area contributed by atoms with Crippen LogP contribution >= 0.6 is 11.6 Å². The zero-order chi connectivity index (χ0) is 16.8. The van der Waals surface area contributed by atoms with Gasteiger partial charge in [0.1, 0.15) is 0 Å². The molecular weight excluding hydrogens is 318 g/mol. The van der Waals surface area contributed by atoms with Gasteiger partial charge < -0.3 is 15.2 Å². The van der Waals surface area contributed by atoms with Gasteiger partial charge in [-0.3, -0.25) is 0 Å². The van der Waals surface area contributed by atoms with E-state index >= 15 is 0 Å². The van der Waals surface area contributed by atoms with E-state index in [0.717, 1.165) is 5.56 Å². The van der Waals surface area contributed by atoms with Gasteiger partial charge >= 0.3 is 11.9 Å². The van der Waals surface area contributed by atoms with E-state index in [1.165, 1.54) is 12.1 Å². The third kappa shape index (κ3) is 4.47. The maximum absolute atomic E-state index is 11.8. The van der Waals surface area contributed by atoms with Crippen molar-refractivity contribution in [3.05, 3.63) is 64.2 Å². The summed E-state index contributed by atoms with van der Waals surface area (Å²) >= 11 is 5.92. The molecule has 0 fully saturated rings. The molecular formula is C17H16ClNO4. The lowest BCUT2D eigenvalue weighted by molar-refractivity contribution is 0.0514. The number of ether oxygens (including phenoxy) is 1. The van der Waals surface area contributed by atoms with E-state index in [0.29, 0.717) is 17.3 Å². The molecule has 23 heavy (non-hydrogen) atoms. The molecule has 0 saturated carbocycles. The van der Waals surface area contributed by atoms with Crippen molar-refractivity contribution in [1.29, 1.82) is 0 Å². The highest BCUT2D eigenvalue weighted by atomic mass is 35.5. The van der Waals surface area contributed by atoms with E-state index in [2.05, 4.69) is 5.32 Å². The van der Waals surface area contributed by atoms with Gasteiger partial charge in [-0.05, 0) is 42.8 Å². The van der Waals surface area contributed by atoms with E-state index in [9.17, 15) is 14.7 Å². The highest BCUT2D eigenvalue weighted by molar-refractivity contribution is 6.30. The maximum atomic E-state index is 11.8. The number of halogens is 1. The van der Waals surface area contributed by atoms with Crippen molar-refractivity contribution in [1.82, 2.24) is 0 Å². The van der Waals surface area contributed by atoms with Gasteiger partial charge in [-0.1, -0.05) is 23.7 Å². The number of hydrogen-bond donors (Lipinski definition) is 2. The number of carboxylic acids is 1. The Balaban J connectivity index is 2.19. The van der Waals surface area contributed by atoms with Crippen molar-refractivity contribution < 1.29 is 19.4 Å². The predicted molar refractivity (Wildman–Crippen MR) is 88.1 cm³/mol. The third-order valence-corrected chi connectivity index (χ3v) is 3.37. The normalized spacial score (nSPS) is 10.2. The fourth-order valence-corrected chi connectivity index (χ4v) is 2.28. The fraction of sp³-hybridized carbons (Fsp3) is 0.176. The summed E-state index contributed by atoms with van der Waals surface area (Å²) < 4.78 is 4.86. The van der Waals surface area contributed by atoms with Crippen LogP contribution in [0.4, 0.5) is 5.69 Å². The average molecular weight is 334 g/mol. The average Bonchev–Trinajstić information content (AvgIpc) is 2.53. The highest BCUT2D eigenvalue weighted by Gasteiger charge is 2.18. The minimum Gasteiger partial charge on any atom is -0.478 e. The third-order valence-electron chi connectivity index (χ3n) is 3.13. The quantitative estimate of drug-likeness (QED) is 0.786. The number of anilines is 1. The number of aromatic carboxylic acids is 1. The molecule has 0 heterocycles. The van der Waals surface area contributed by atoms with Crippen molar-refractivity contribution in [3.63, 3.8) is 0 Å². The lowest BCUT2D eigenvalue weighted by Gasteiger charge is -2.10. The first-order valence-corrected chi connectivity index (χ1v) is 7.42. The van der Waals surface area contributed by atoms with Crippen LogP contribution in [0.25, 0.3) is 0 Å². The Morgan fingerprint density at radius 2 is 1.96 bits per heavy atom. The number of esters is 1. The Hall–Kier alpha value is -2.53. The lowest BCUT2D eigenvalue weighted by atomic mass is 10.1. The first-order chi connectivity index (χ1) is 11.0. The van der Waals surface area contributed by atoms with Crippen LogP contribution in [0.2, 0.25) is 5.02 Å². The molecule has 0 aliphatic carbocycles. The number of carbonyl (C=O) groups excluding carboxylic acids is 1. The lowest BCUT2D eigenvalue weighted by Crippen LogP contribution is -2.12. The predicted octanol–water partition coefficient (Wildman–Crippen LogP) is 3.83. The van der Waals surface area contributed by atoms with Crippen LogP contribution in [0.1, 0.15) is 33.2 Å². The number of nitrogens with one attached hydrogen (secondary N) is 1. The highest BCUT2D eigenvalue weighted by Crippen LogP contribution is 2.19. The summed E-state index contributed by atoms with van der Waals surface area (Å²) in [6, 6.07) is 11.8. The molecule has 2 aromatic carbocycles. The topological polar surface area (TPSA) is 75.6 Å². The molecule has 0 aliphatic heterocycles. The van der Waals surface area contributed by atoms with Gasteiger partial charge in [0.25, 0.3) is 0 Å². The largest absolute Gasteiger partial charge is 0.478 e. The van der Waals surface area contributed by atoms with Crippen LogP contribution in [0.3, 0.4) is 0 Å². The van der Waals surface area contributed by atoms with Crippen LogP contribution < -0.4 is 5.32 Å². The number of carbonyl (C=O) groups is 2. The summed E-state index contributed by atoms with van der Waals surface area (Å²) in [5.41, 5.74) is 1.49. The molecule has 0 aromatic heterocycles. The molecule has 2 N–H and O–H groups in total. The van der Waals surface area contributed by atoms with E-state index in [4.69, 9.17) is 16.3 Å². The van der Waals surface area contributed by atoms with Gasteiger partial charge in [-0.2, -0.15) is 0 Å². The standard InChI is InChI=1S/C17H16ClNO4/c1-2-23-17(22)14-7-6-13(9-15(14)16(20)21)19-10-11-4-3-5-12(18)8-11/h3-9,19H,2,10H2,1H3,(H,20,21). The van der Waals surface area contributed by atoms with Gasteiger partial charge in [0.05, 0.1) is 17.7 Å². The van der Waals surface area contributed by atoms with E-state index in [1.54, 1.807) is 19.1 Å². The smallest absolute Gasteiger partial charge is 0.338 e. The summed E-state index contributed by atoms with van der Waals surface area (Å²) in [5, 5.41) is 13.0. The van der Waals surface area contributed by atoms with Crippen LogP contribution in [0, 0.1) is 0 Å². The number of rotatable bonds is 6. The summed E-state index contributed by atoms with van der Waals surface area (Å²) in [7, 11) is 0. The van der Waals surface area contributed by atoms with Crippen molar-refractivity contribution in [2.75, 3.05) is 11.9 Å². The Kier molecular flexibility index (Phi) is 5.60. The minimum atomic E-state index is -1.18. The van der Waals surface area contributed by atoms with Gasteiger partial charge in [0, 0.05) is 17.3 Å². The van der Waals surface area contributed by atoms with Crippen molar-refractivity contribution in [2.24, 2.45) is 0 Å². The zero-order valence-electron chi connectivity index (χ0n) is 12.5. The van der Waals surface area contributed by atoms with Crippen molar-refractivity contribution in [2.45, 2.75) is 13.5 Å². The molecule has 120 valence electrons. The summed E-state index contributed by atoms with van der Waals surface area (Å²) in [4.78, 5) is 23.1. The molecule has 0 unspecified atom stereocenters. The van der Waals surface area contributed by atoms with Gasteiger partial charge in [-0.25, -0.2) is 9.59 Å². The van der Waals surface area contributed by atoms with Gasteiger partial charge in [0.2, 0.25) is 0 Å². The second kappa shape index (κ2) is 7.65. The number of hydrogen-bond acceptors (Lipinski definition) is 4. The second-order valence-corrected chi connectivity index (χ2v) is 5.21. The molecule has 0 saturated heterocycles. The van der Waals surface area contributed by atoms with Crippen LogP contribution in [0.5, 0.6) is 0 Å². The Labute approximate surface area is 138 Å². The SMILES string of the molecule is CCOC(=O)c1ccc(NCc2cccc(Cl)c2)cc1C(=O)O. The summed E-state index contributed by atoms with van der Waals surface area (Å²) in [6.07, 6.45) is 0. The van der Waals surface area contributed by atoms with Crippen LogP contribution in [-0.2, 0) is 11.3 Å². The first kappa shape index (κ1) is 16.8. The van der Waals surface area contributed by atoms with Crippen LogP contribution in [0.15, 0.2) is 42.5 Å². The Bertz CT molecular complexity index is 730. The Morgan fingerprint density at radius 3 is 2.61 bits per heavy atom. The molecule has 6 heteroatoms. The summed E-state index contributed by atoms with van der Waals surface area (Å²) in [6.45, 7) is 2.34. The molecule has 0 bridgehead atoms. The molecule has 2 rings (SSSR count). The molecule has 0 spiro atoms. The minimum absolute atomic E-state index is 0.0349. The second-order valence-electron chi connectivity index (χ2n) is 4.77. The zero-order valence-corrected chi connectivity index (χ0v) is 13.3. The first-order valence-electron chi connectivity index (χ1n) is 7.04. The summed E-state index contributed by atoms with van der Waals surface area (Å²) in [5.74, 6) is -1.83. The fourth-order valence-electron chi connectivity index (χ4n) is 2.07. The monoisotopic (exact) mass is 333 g/mol. The molecule has 5 nitrogen and oxygen atoms in total. The molecule has 2 aromatic rings. The van der Waals surface area contributed by atoms with Crippen molar-refractivity contribution in [3.8, 4) is 0 Å². The van der Waals surface area contributed by atoms with E-state index in [-0.39, 0.29) is 17.7 Å². The Morgan fingerprint density at radius 1 is 1.17 bits per heavy atom.